The molecule has 0 spiro atoms. The van der Waals surface area contributed by atoms with E-state index in [1.54, 1.807) is 4.68 Å². The molecule has 0 amide bonds. The highest BCUT2D eigenvalue weighted by Crippen LogP contribution is 2.25. The zero-order valence-corrected chi connectivity index (χ0v) is 10.9. The Hall–Kier alpha value is -2.29. The molecule has 1 atom stereocenters. The van der Waals surface area contributed by atoms with Crippen LogP contribution >= 0.6 is 0 Å². The van der Waals surface area contributed by atoms with Crippen molar-refractivity contribution >= 4 is 5.97 Å². The van der Waals surface area contributed by atoms with E-state index in [0.717, 1.165) is 19.4 Å². The van der Waals surface area contributed by atoms with Crippen molar-refractivity contribution in [1.82, 2.24) is 30.5 Å². The summed E-state index contributed by atoms with van der Waals surface area (Å²) in [6.07, 6.45) is 3.21. The molecule has 0 aliphatic carbocycles. The fraction of sp³-hybridized carbons (Fsp3) is 0.545. The van der Waals surface area contributed by atoms with E-state index in [4.69, 9.17) is 9.26 Å². The summed E-state index contributed by atoms with van der Waals surface area (Å²) in [5, 5.41) is 15.0. The summed E-state index contributed by atoms with van der Waals surface area (Å²) in [5.74, 6) is -0.0152. The van der Waals surface area contributed by atoms with Gasteiger partial charge in [-0.3, -0.25) is 0 Å². The molecule has 1 aliphatic heterocycles. The van der Waals surface area contributed by atoms with Gasteiger partial charge in [-0.2, -0.15) is 4.98 Å². The van der Waals surface area contributed by atoms with Crippen LogP contribution in [0.15, 0.2) is 10.9 Å². The number of methoxy groups -OCH3 is 1. The number of nitrogens with zero attached hydrogens (tertiary/aromatic N) is 5. The molecule has 3 heterocycles. The SMILES string of the molecule is COC(=O)c1nnn(Cc2ncon2)c1C1CCCN1. The molecule has 3 rings (SSSR count). The molecule has 0 bridgehead atoms. The maximum Gasteiger partial charge on any atom is 0.360 e. The average molecular weight is 278 g/mol. The first-order valence-corrected chi connectivity index (χ1v) is 6.30. The van der Waals surface area contributed by atoms with Crippen molar-refractivity contribution in [3.63, 3.8) is 0 Å². The lowest BCUT2D eigenvalue weighted by atomic mass is 10.1. The topological polar surface area (TPSA) is 108 Å². The third kappa shape index (κ3) is 2.27. The normalized spacial score (nSPS) is 18.4. The first-order valence-electron chi connectivity index (χ1n) is 6.30. The lowest BCUT2D eigenvalue weighted by Crippen LogP contribution is -2.21. The van der Waals surface area contributed by atoms with Crippen LogP contribution in [-0.4, -0.2) is 44.8 Å². The van der Waals surface area contributed by atoms with Crippen molar-refractivity contribution in [3.8, 4) is 0 Å². The fourth-order valence-electron chi connectivity index (χ4n) is 2.34. The summed E-state index contributed by atoms with van der Waals surface area (Å²) >= 11 is 0. The predicted molar refractivity (Wildman–Crippen MR) is 64.7 cm³/mol. The summed E-state index contributed by atoms with van der Waals surface area (Å²) in [5.41, 5.74) is 0.939. The highest BCUT2D eigenvalue weighted by molar-refractivity contribution is 5.88. The van der Waals surface area contributed by atoms with Crippen molar-refractivity contribution in [2.24, 2.45) is 0 Å². The van der Waals surface area contributed by atoms with Crippen LogP contribution in [-0.2, 0) is 11.3 Å². The second-order valence-corrected chi connectivity index (χ2v) is 4.47. The van der Waals surface area contributed by atoms with Crippen LogP contribution in [0.3, 0.4) is 0 Å². The van der Waals surface area contributed by atoms with E-state index in [0.29, 0.717) is 18.1 Å². The number of nitrogens with one attached hydrogen (secondary N) is 1. The number of hydrogen-bond donors (Lipinski definition) is 1. The van der Waals surface area contributed by atoms with Crippen LogP contribution in [0.5, 0.6) is 0 Å². The number of ether oxygens (including phenoxy) is 1. The molecule has 9 nitrogen and oxygen atoms in total. The van der Waals surface area contributed by atoms with Gasteiger partial charge in [0.15, 0.2) is 11.5 Å². The van der Waals surface area contributed by atoms with Gasteiger partial charge < -0.3 is 14.6 Å². The highest BCUT2D eigenvalue weighted by atomic mass is 16.5. The Labute approximate surface area is 114 Å². The second-order valence-electron chi connectivity index (χ2n) is 4.47. The van der Waals surface area contributed by atoms with Crippen LogP contribution in [0.4, 0.5) is 0 Å². The molecule has 0 radical (unpaired) electrons. The highest BCUT2D eigenvalue weighted by Gasteiger charge is 2.29. The van der Waals surface area contributed by atoms with Crippen LogP contribution < -0.4 is 5.32 Å². The largest absolute Gasteiger partial charge is 0.464 e. The van der Waals surface area contributed by atoms with Crippen molar-refractivity contribution in [2.75, 3.05) is 13.7 Å². The number of carbonyl (C=O) groups is 1. The number of aromatic nitrogens is 5. The minimum absolute atomic E-state index is 0.0333. The Balaban J connectivity index is 1.96. The number of carbonyl (C=O) groups excluding carboxylic acids is 1. The van der Waals surface area contributed by atoms with Gasteiger partial charge in [0.25, 0.3) is 0 Å². The molecule has 1 N–H and O–H groups in total. The monoisotopic (exact) mass is 278 g/mol. The maximum absolute atomic E-state index is 11.8. The van der Waals surface area contributed by atoms with E-state index >= 15 is 0 Å². The van der Waals surface area contributed by atoms with Crippen molar-refractivity contribution < 1.29 is 14.1 Å². The predicted octanol–water partition coefficient (Wildman–Crippen LogP) is -0.0795. The molecule has 1 unspecified atom stereocenters. The van der Waals surface area contributed by atoms with Gasteiger partial charge in [0.1, 0.15) is 6.54 Å². The molecule has 0 aromatic carbocycles. The van der Waals surface area contributed by atoms with Gasteiger partial charge in [0.2, 0.25) is 6.39 Å². The Kier molecular flexibility index (Phi) is 3.42. The van der Waals surface area contributed by atoms with Gasteiger partial charge in [-0.25, -0.2) is 9.48 Å². The smallest absolute Gasteiger partial charge is 0.360 e. The van der Waals surface area contributed by atoms with Gasteiger partial charge in [-0.05, 0) is 19.4 Å². The van der Waals surface area contributed by atoms with Gasteiger partial charge in [-0.1, -0.05) is 10.4 Å². The minimum Gasteiger partial charge on any atom is -0.464 e. The van der Waals surface area contributed by atoms with Crippen molar-refractivity contribution in [3.05, 3.63) is 23.6 Å². The lowest BCUT2D eigenvalue weighted by Gasteiger charge is -2.12. The minimum atomic E-state index is -0.493. The van der Waals surface area contributed by atoms with Gasteiger partial charge in [-0.15, -0.1) is 5.10 Å². The zero-order valence-electron chi connectivity index (χ0n) is 10.9. The van der Waals surface area contributed by atoms with Crippen LogP contribution in [0.25, 0.3) is 0 Å². The molecule has 106 valence electrons. The van der Waals surface area contributed by atoms with Gasteiger partial charge in [0, 0.05) is 0 Å². The van der Waals surface area contributed by atoms with Crippen LogP contribution in [0.1, 0.15) is 40.9 Å². The van der Waals surface area contributed by atoms with Crippen LogP contribution in [0, 0.1) is 0 Å². The summed E-state index contributed by atoms with van der Waals surface area (Å²) in [6.45, 7) is 1.20. The Morgan fingerprint density at radius 2 is 2.55 bits per heavy atom. The number of hydrogen-bond acceptors (Lipinski definition) is 8. The van der Waals surface area contributed by atoms with Gasteiger partial charge >= 0.3 is 5.97 Å². The van der Waals surface area contributed by atoms with E-state index in [9.17, 15) is 4.79 Å². The molecule has 2 aromatic rings. The van der Waals surface area contributed by atoms with E-state index < -0.39 is 5.97 Å². The van der Waals surface area contributed by atoms with Crippen molar-refractivity contribution in [1.29, 1.82) is 0 Å². The molecule has 9 heteroatoms. The third-order valence-corrected chi connectivity index (χ3v) is 3.24. The molecule has 20 heavy (non-hydrogen) atoms. The molecule has 2 aromatic heterocycles. The Morgan fingerprint density at radius 3 is 3.20 bits per heavy atom. The van der Waals surface area contributed by atoms with E-state index in [1.807, 2.05) is 0 Å². The lowest BCUT2D eigenvalue weighted by molar-refractivity contribution is 0.0591. The molecular weight excluding hydrogens is 264 g/mol. The number of rotatable bonds is 4. The third-order valence-electron chi connectivity index (χ3n) is 3.24. The summed E-state index contributed by atoms with van der Waals surface area (Å²) in [4.78, 5) is 15.7. The molecule has 1 aliphatic rings. The Bertz CT molecular complexity index is 587. The van der Waals surface area contributed by atoms with E-state index in [-0.39, 0.29) is 11.7 Å². The zero-order chi connectivity index (χ0) is 13.9. The second kappa shape index (κ2) is 5.37. The average Bonchev–Trinajstić information content (AvgIpc) is 3.19. The summed E-state index contributed by atoms with van der Waals surface area (Å²) in [7, 11) is 1.33. The first kappa shape index (κ1) is 12.7. The van der Waals surface area contributed by atoms with Gasteiger partial charge in [0.05, 0.1) is 18.8 Å². The molecule has 1 saturated heterocycles. The van der Waals surface area contributed by atoms with Crippen molar-refractivity contribution in [2.45, 2.75) is 25.4 Å². The quantitative estimate of drug-likeness (QED) is 0.774. The standard InChI is InChI=1S/C11H14N6O3/c1-19-11(18)9-10(7-3-2-4-12-7)17(16-14-9)5-8-13-6-20-15-8/h6-7,12H,2-5H2,1H3. The maximum atomic E-state index is 11.8. The Morgan fingerprint density at radius 1 is 1.65 bits per heavy atom. The van der Waals surface area contributed by atoms with E-state index in [2.05, 4.69) is 25.8 Å². The van der Waals surface area contributed by atoms with Crippen LogP contribution in [0.2, 0.25) is 0 Å². The molecule has 1 fully saturated rings. The fourth-order valence-corrected chi connectivity index (χ4v) is 2.34. The first-order chi connectivity index (χ1) is 9.79. The number of esters is 1. The summed E-state index contributed by atoms with van der Waals surface area (Å²) in [6, 6.07) is 0.0333. The molecule has 0 saturated carbocycles. The van der Waals surface area contributed by atoms with E-state index in [1.165, 1.54) is 13.5 Å². The summed E-state index contributed by atoms with van der Waals surface area (Å²) < 4.78 is 11.1. The molecular formula is C11H14N6O3.